The first-order valence-electron chi connectivity index (χ1n) is 4.98. The molecule has 0 saturated carbocycles. The number of hydrogen-bond acceptors (Lipinski definition) is 3. The van der Waals surface area contributed by atoms with Gasteiger partial charge < -0.3 is 9.84 Å². The lowest BCUT2D eigenvalue weighted by Gasteiger charge is -2.16. The summed E-state index contributed by atoms with van der Waals surface area (Å²) >= 11 is 5.82. The van der Waals surface area contributed by atoms with E-state index in [2.05, 4.69) is 0 Å². The van der Waals surface area contributed by atoms with Gasteiger partial charge in [-0.15, -0.1) is 0 Å². The van der Waals surface area contributed by atoms with E-state index in [1.54, 1.807) is 24.3 Å². The summed E-state index contributed by atoms with van der Waals surface area (Å²) in [5.41, 5.74) is 0.799. The van der Waals surface area contributed by atoms with Crippen LogP contribution >= 0.6 is 11.6 Å². The summed E-state index contributed by atoms with van der Waals surface area (Å²) in [6.07, 6.45) is -0.894. The van der Waals surface area contributed by atoms with Crippen LogP contribution in [-0.4, -0.2) is 34.8 Å². The van der Waals surface area contributed by atoms with Gasteiger partial charge in [-0.2, -0.15) is 0 Å². The van der Waals surface area contributed by atoms with E-state index >= 15 is 0 Å². The standard InChI is InChI=1S/C11H10ClNO4/c12-8-3-1-2-7(4-8)5-9-10(14)17-6-13(9)11(15)16/h1-4,9H,5-6H2,(H,15,16). The number of carbonyl (C=O) groups is 2. The highest BCUT2D eigenvalue weighted by Gasteiger charge is 2.37. The highest BCUT2D eigenvalue weighted by Crippen LogP contribution is 2.18. The molecular formula is C11H10ClNO4. The van der Waals surface area contributed by atoms with E-state index in [1.807, 2.05) is 0 Å². The van der Waals surface area contributed by atoms with Crippen molar-refractivity contribution in [2.75, 3.05) is 6.73 Å². The normalized spacial score (nSPS) is 19.2. The van der Waals surface area contributed by atoms with E-state index in [0.717, 1.165) is 10.5 Å². The zero-order valence-electron chi connectivity index (χ0n) is 8.80. The van der Waals surface area contributed by atoms with Crippen LogP contribution in [0, 0.1) is 0 Å². The zero-order valence-corrected chi connectivity index (χ0v) is 9.55. The lowest BCUT2D eigenvalue weighted by Crippen LogP contribution is -2.38. The third-order valence-electron chi connectivity index (χ3n) is 2.56. The van der Waals surface area contributed by atoms with E-state index in [-0.39, 0.29) is 13.2 Å². The Bertz CT molecular complexity index is 463. The summed E-state index contributed by atoms with van der Waals surface area (Å²) in [5.74, 6) is -0.521. The number of rotatable bonds is 2. The van der Waals surface area contributed by atoms with Crippen molar-refractivity contribution in [2.24, 2.45) is 0 Å². The van der Waals surface area contributed by atoms with Gasteiger partial charge in [-0.1, -0.05) is 23.7 Å². The van der Waals surface area contributed by atoms with Gasteiger partial charge in [-0.3, -0.25) is 4.90 Å². The van der Waals surface area contributed by atoms with Crippen LogP contribution in [0.25, 0.3) is 0 Å². The Morgan fingerprint density at radius 3 is 3.00 bits per heavy atom. The van der Waals surface area contributed by atoms with E-state index in [9.17, 15) is 9.59 Å². The fourth-order valence-electron chi connectivity index (χ4n) is 1.72. The summed E-state index contributed by atoms with van der Waals surface area (Å²) in [6, 6.07) is 6.17. The maximum atomic E-state index is 11.4. The van der Waals surface area contributed by atoms with Crippen LogP contribution in [0.2, 0.25) is 5.02 Å². The molecule has 1 saturated heterocycles. The van der Waals surface area contributed by atoms with Crippen molar-refractivity contribution in [2.45, 2.75) is 12.5 Å². The average molecular weight is 256 g/mol. The molecule has 90 valence electrons. The van der Waals surface area contributed by atoms with E-state index in [1.165, 1.54) is 0 Å². The smallest absolute Gasteiger partial charge is 0.410 e. The number of esters is 1. The number of hydrogen-bond donors (Lipinski definition) is 1. The molecule has 1 aromatic carbocycles. The molecule has 1 fully saturated rings. The van der Waals surface area contributed by atoms with Crippen LogP contribution in [0.4, 0.5) is 4.79 Å². The maximum Gasteiger partial charge on any atom is 0.410 e. The van der Waals surface area contributed by atoms with Gasteiger partial charge in [0, 0.05) is 11.4 Å². The molecule has 0 aliphatic carbocycles. The fourth-order valence-corrected chi connectivity index (χ4v) is 1.93. The Morgan fingerprint density at radius 1 is 1.59 bits per heavy atom. The van der Waals surface area contributed by atoms with Crippen LogP contribution < -0.4 is 0 Å². The van der Waals surface area contributed by atoms with Crippen LogP contribution in [0.15, 0.2) is 24.3 Å². The van der Waals surface area contributed by atoms with Crippen LogP contribution in [0.5, 0.6) is 0 Å². The molecule has 1 heterocycles. The Hall–Kier alpha value is -1.75. The van der Waals surface area contributed by atoms with Crippen molar-refractivity contribution in [3.05, 3.63) is 34.9 Å². The third-order valence-corrected chi connectivity index (χ3v) is 2.79. The number of halogens is 1. The number of cyclic esters (lactones) is 1. The summed E-state index contributed by atoms with van der Waals surface area (Å²) in [5, 5.41) is 9.45. The largest absolute Gasteiger partial charge is 0.465 e. The van der Waals surface area contributed by atoms with Gasteiger partial charge in [0.05, 0.1) is 0 Å². The maximum absolute atomic E-state index is 11.4. The van der Waals surface area contributed by atoms with Gasteiger partial charge in [0.25, 0.3) is 0 Å². The van der Waals surface area contributed by atoms with Crippen molar-refractivity contribution in [3.63, 3.8) is 0 Å². The molecule has 6 heteroatoms. The molecule has 1 amide bonds. The first-order valence-corrected chi connectivity index (χ1v) is 5.36. The van der Waals surface area contributed by atoms with Gasteiger partial charge in [0.15, 0.2) is 6.73 Å². The number of ether oxygens (including phenoxy) is 1. The summed E-state index contributed by atoms with van der Waals surface area (Å²) in [6.45, 7) is -0.209. The lowest BCUT2D eigenvalue weighted by atomic mass is 10.1. The van der Waals surface area contributed by atoms with E-state index in [4.69, 9.17) is 21.4 Å². The Morgan fingerprint density at radius 2 is 2.35 bits per heavy atom. The van der Waals surface area contributed by atoms with Gasteiger partial charge in [-0.25, -0.2) is 9.59 Å². The fraction of sp³-hybridized carbons (Fsp3) is 0.273. The van der Waals surface area contributed by atoms with Crippen molar-refractivity contribution in [1.29, 1.82) is 0 Å². The molecule has 1 N–H and O–H groups in total. The highest BCUT2D eigenvalue weighted by molar-refractivity contribution is 6.30. The Kier molecular flexibility index (Phi) is 3.19. The molecule has 1 aliphatic rings. The van der Waals surface area contributed by atoms with Gasteiger partial charge >= 0.3 is 12.1 Å². The van der Waals surface area contributed by atoms with Gasteiger partial charge in [0.1, 0.15) is 6.04 Å². The molecule has 1 aliphatic heterocycles. The number of carboxylic acid groups (broad SMARTS) is 1. The molecule has 5 nitrogen and oxygen atoms in total. The minimum atomic E-state index is -1.16. The molecule has 0 bridgehead atoms. The summed E-state index contributed by atoms with van der Waals surface area (Å²) in [7, 11) is 0. The molecule has 0 spiro atoms. The Balaban J connectivity index is 2.16. The molecule has 0 aromatic heterocycles. The van der Waals surface area contributed by atoms with Crippen molar-refractivity contribution in [3.8, 4) is 0 Å². The third kappa shape index (κ3) is 2.50. The predicted octanol–water partition coefficient (Wildman–Crippen LogP) is 1.75. The number of benzene rings is 1. The summed E-state index contributed by atoms with van der Waals surface area (Å²) < 4.78 is 4.72. The predicted molar refractivity (Wildman–Crippen MR) is 59.8 cm³/mol. The number of nitrogens with zero attached hydrogens (tertiary/aromatic N) is 1. The average Bonchev–Trinajstić information content (AvgIpc) is 2.61. The molecule has 2 rings (SSSR count). The molecular weight excluding hydrogens is 246 g/mol. The molecule has 1 unspecified atom stereocenters. The SMILES string of the molecule is O=C1OCN(C(=O)O)C1Cc1cccc(Cl)c1. The highest BCUT2D eigenvalue weighted by atomic mass is 35.5. The monoisotopic (exact) mass is 255 g/mol. The second-order valence-electron chi connectivity index (χ2n) is 3.69. The van der Waals surface area contributed by atoms with Crippen LogP contribution in [-0.2, 0) is 16.0 Å². The van der Waals surface area contributed by atoms with Gasteiger partial charge in [-0.05, 0) is 17.7 Å². The first-order chi connectivity index (χ1) is 8.08. The van der Waals surface area contributed by atoms with Crippen molar-refractivity contribution < 1.29 is 19.4 Å². The second-order valence-corrected chi connectivity index (χ2v) is 4.13. The van der Waals surface area contributed by atoms with Crippen molar-refractivity contribution >= 4 is 23.7 Å². The summed E-state index contributed by atoms with van der Waals surface area (Å²) in [4.78, 5) is 23.3. The Labute approximate surface area is 103 Å². The van der Waals surface area contributed by atoms with E-state index in [0.29, 0.717) is 5.02 Å². The number of amides is 1. The quantitative estimate of drug-likeness (QED) is 0.818. The van der Waals surface area contributed by atoms with Crippen LogP contribution in [0.3, 0.4) is 0 Å². The topological polar surface area (TPSA) is 66.8 Å². The minimum Gasteiger partial charge on any atom is -0.465 e. The second kappa shape index (κ2) is 4.63. The minimum absolute atomic E-state index is 0.209. The molecule has 17 heavy (non-hydrogen) atoms. The van der Waals surface area contributed by atoms with Gasteiger partial charge in [0.2, 0.25) is 0 Å². The first kappa shape index (κ1) is 11.7. The van der Waals surface area contributed by atoms with E-state index < -0.39 is 18.1 Å². The molecule has 1 atom stereocenters. The number of carbonyl (C=O) groups excluding carboxylic acids is 1. The molecule has 0 radical (unpaired) electrons. The lowest BCUT2D eigenvalue weighted by molar-refractivity contribution is -0.139. The van der Waals surface area contributed by atoms with Crippen molar-refractivity contribution in [1.82, 2.24) is 4.90 Å². The van der Waals surface area contributed by atoms with Crippen LogP contribution in [0.1, 0.15) is 5.56 Å². The zero-order chi connectivity index (χ0) is 12.4. The molecule has 1 aromatic rings.